The number of nitrogens with one attached hydrogen (secondary N) is 1. The third kappa shape index (κ3) is 8.36. The Hall–Kier alpha value is -1.81. The Labute approximate surface area is 232 Å². The van der Waals surface area contributed by atoms with Crippen LogP contribution < -0.4 is 9.62 Å². The van der Waals surface area contributed by atoms with Crippen molar-refractivity contribution in [1.82, 2.24) is 10.2 Å². The highest BCUT2D eigenvalue weighted by atomic mass is 79.9. The fourth-order valence-corrected chi connectivity index (χ4v) is 4.98. The summed E-state index contributed by atoms with van der Waals surface area (Å²) in [5, 5.41) is 3.58. The van der Waals surface area contributed by atoms with Crippen molar-refractivity contribution >= 4 is 66.7 Å². The Bertz CT molecular complexity index is 1210. The minimum Gasteiger partial charge on any atom is -0.354 e. The minimum atomic E-state index is -3.80. The predicted octanol–water partition coefficient (Wildman–Crippen LogP) is 5.41. The number of carbonyl (C=O) groups excluding carboxylic acids is 2. The van der Waals surface area contributed by atoms with Crippen molar-refractivity contribution in [2.75, 3.05) is 23.7 Å². The Kier molecular flexibility index (Phi) is 11.1. The average molecular weight is 621 g/mol. The lowest BCUT2D eigenvalue weighted by Crippen LogP contribution is -2.52. The van der Waals surface area contributed by atoms with Crippen LogP contribution in [0.1, 0.15) is 38.3 Å². The van der Waals surface area contributed by atoms with E-state index in [1.165, 1.54) is 4.90 Å². The third-order valence-electron chi connectivity index (χ3n) is 5.52. The number of hydrogen-bond acceptors (Lipinski definition) is 4. The number of carbonyl (C=O) groups is 2. The van der Waals surface area contributed by atoms with Gasteiger partial charge >= 0.3 is 0 Å². The molecule has 0 bridgehead atoms. The maximum atomic E-state index is 13.7. The molecule has 36 heavy (non-hydrogen) atoms. The first kappa shape index (κ1) is 30.4. The molecule has 0 aromatic heterocycles. The maximum absolute atomic E-state index is 13.7. The molecule has 0 unspecified atom stereocenters. The average Bonchev–Trinajstić information content (AvgIpc) is 2.79. The molecule has 2 aromatic carbocycles. The molecular formula is C25H32BrCl2N3O4S. The molecule has 2 rings (SSSR count). The minimum absolute atomic E-state index is 0.0558. The summed E-state index contributed by atoms with van der Waals surface area (Å²) in [7, 11) is -3.80. The van der Waals surface area contributed by atoms with Crippen molar-refractivity contribution in [3.05, 3.63) is 62.0 Å². The van der Waals surface area contributed by atoms with Gasteiger partial charge < -0.3 is 10.2 Å². The fraction of sp³-hybridized carbons (Fsp3) is 0.440. The van der Waals surface area contributed by atoms with Gasteiger partial charge in [-0.2, -0.15) is 0 Å². The van der Waals surface area contributed by atoms with Crippen LogP contribution in [-0.4, -0.2) is 50.5 Å². The van der Waals surface area contributed by atoms with Gasteiger partial charge in [-0.3, -0.25) is 13.9 Å². The monoisotopic (exact) mass is 619 g/mol. The quantitative estimate of drug-likeness (QED) is 0.364. The number of hydrogen-bond donors (Lipinski definition) is 1. The first-order valence-electron chi connectivity index (χ1n) is 11.5. The van der Waals surface area contributed by atoms with Crippen LogP contribution in [0.15, 0.2) is 40.9 Å². The lowest BCUT2D eigenvalue weighted by atomic mass is 10.1. The fourth-order valence-electron chi connectivity index (χ4n) is 3.57. The molecule has 0 spiro atoms. The molecule has 11 heteroatoms. The molecule has 0 aliphatic heterocycles. The molecule has 1 atom stereocenters. The number of rotatable bonds is 11. The second kappa shape index (κ2) is 13.1. The number of anilines is 1. The van der Waals surface area contributed by atoms with Gasteiger partial charge in [0, 0.05) is 17.6 Å². The molecule has 0 saturated carbocycles. The predicted molar refractivity (Wildman–Crippen MR) is 150 cm³/mol. The summed E-state index contributed by atoms with van der Waals surface area (Å²) >= 11 is 15.6. The van der Waals surface area contributed by atoms with E-state index in [2.05, 4.69) is 21.2 Å². The van der Waals surface area contributed by atoms with E-state index in [1.54, 1.807) is 43.3 Å². The summed E-state index contributed by atoms with van der Waals surface area (Å²) in [5.41, 5.74) is 1.84. The number of nitrogens with zero attached hydrogens (tertiary/aromatic N) is 2. The number of aryl methyl sites for hydroxylation is 1. The smallest absolute Gasteiger partial charge is 0.244 e. The summed E-state index contributed by atoms with van der Waals surface area (Å²) < 4.78 is 27.3. The molecule has 0 aliphatic rings. The highest BCUT2D eigenvalue weighted by molar-refractivity contribution is 9.10. The van der Waals surface area contributed by atoms with Crippen molar-refractivity contribution in [3.8, 4) is 0 Å². The Balaban J connectivity index is 2.46. The van der Waals surface area contributed by atoms with Crippen LogP contribution in [0.5, 0.6) is 0 Å². The lowest BCUT2D eigenvalue weighted by Gasteiger charge is -2.33. The second-order valence-electron chi connectivity index (χ2n) is 9.04. The van der Waals surface area contributed by atoms with E-state index in [0.717, 1.165) is 20.6 Å². The summed E-state index contributed by atoms with van der Waals surface area (Å²) in [5.74, 6) is -0.587. The molecule has 7 nitrogen and oxygen atoms in total. The standard InChI is InChI=1S/C25H32BrCl2N3O4S/c1-6-23(25(33)29-13-16(2)3)30(14-18-7-10-21(27)22(28)12-18)24(32)15-31(36(5,34)35)19-8-9-20(26)17(4)11-19/h7-12,16,23H,6,13-15H2,1-5H3,(H,29,33)/t23-/m0/s1. The molecule has 2 amide bonds. The molecule has 0 fully saturated rings. The lowest BCUT2D eigenvalue weighted by molar-refractivity contribution is -0.140. The van der Waals surface area contributed by atoms with Crippen molar-refractivity contribution in [2.24, 2.45) is 5.92 Å². The highest BCUT2D eigenvalue weighted by Gasteiger charge is 2.32. The first-order chi connectivity index (χ1) is 16.7. The van der Waals surface area contributed by atoms with E-state index in [9.17, 15) is 18.0 Å². The largest absolute Gasteiger partial charge is 0.354 e. The second-order valence-corrected chi connectivity index (χ2v) is 12.6. The van der Waals surface area contributed by atoms with E-state index >= 15 is 0 Å². The Morgan fingerprint density at radius 2 is 1.75 bits per heavy atom. The van der Waals surface area contributed by atoms with Crippen LogP contribution in [0.4, 0.5) is 5.69 Å². The van der Waals surface area contributed by atoms with E-state index in [4.69, 9.17) is 23.2 Å². The molecule has 0 radical (unpaired) electrons. The van der Waals surface area contributed by atoms with Crippen molar-refractivity contribution < 1.29 is 18.0 Å². The van der Waals surface area contributed by atoms with Gasteiger partial charge in [0.1, 0.15) is 12.6 Å². The van der Waals surface area contributed by atoms with Crippen LogP contribution in [0, 0.1) is 12.8 Å². The zero-order valence-electron chi connectivity index (χ0n) is 21.0. The number of halogens is 3. The van der Waals surface area contributed by atoms with Gasteiger partial charge in [0.05, 0.1) is 22.0 Å². The third-order valence-corrected chi connectivity index (χ3v) is 8.29. The zero-order valence-corrected chi connectivity index (χ0v) is 24.9. The van der Waals surface area contributed by atoms with Crippen LogP contribution in [0.3, 0.4) is 0 Å². The van der Waals surface area contributed by atoms with Gasteiger partial charge in [-0.1, -0.05) is 66.0 Å². The van der Waals surface area contributed by atoms with E-state index in [-0.39, 0.29) is 18.4 Å². The summed E-state index contributed by atoms with van der Waals surface area (Å²) in [4.78, 5) is 28.2. The number of amides is 2. The molecule has 2 aromatic rings. The van der Waals surface area contributed by atoms with E-state index in [0.29, 0.717) is 34.3 Å². The maximum Gasteiger partial charge on any atom is 0.244 e. The van der Waals surface area contributed by atoms with E-state index < -0.39 is 28.5 Å². The summed E-state index contributed by atoms with van der Waals surface area (Å²) in [6.45, 7) is 7.64. The summed E-state index contributed by atoms with van der Waals surface area (Å²) in [6, 6.07) is 9.22. The van der Waals surface area contributed by atoms with Crippen molar-refractivity contribution in [2.45, 2.75) is 46.7 Å². The Morgan fingerprint density at radius 1 is 1.08 bits per heavy atom. The summed E-state index contributed by atoms with van der Waals surface area (Å²) in [6.07, 6.45) is 1.39. The van der Waals surface area contributed by atoms with Crippen molar-refractivity contribution in [3.63, 3.8) is 0 Å². The normalized spacial score (nSPS) is 12.4. The first-order valence-corrected chi connectivity index (χ1v) is 14.9. The molecule has 0 saturated heterocycles. The highest BCUT2D eigenvalue weighted by Crippen LogP contribution is 2.26. The van der Waals surface area contributed by atoms with Gasteiger partial charge in [-0.15, -0.1) is 0 Å². The van der Waals surface area contributed by atoms with Crippen LogP contribution >= 0.6 is 39.1 Å². The van der Waals surface area contributed by atoms with Crippen LogP contribution in [-0.2, 0) is 26.2 Å². The SMILES string of the molecule is CC[C@@H](C(=O)NCC(C)C)N(Cc1ccc(Cl)c(Cl)c1)C(=O)CN(c1ccc(Br)c(C)c1)S(C)(=O)=O. The van der Waals surface area contributed by atoms with Crippen LogP contribution in [0.25, 0.3) is 0 Å². The van der Waals surface area contributed by atoms with Crippen molar-refractivity contribution in [1.29, 1.82) is 0 Å². The Morgan fingerprint density at radius 3 is 2.28 bits per heavy atom. The molecular weight excluding hydrogens is 589 g/mol. The van der Waals surface area contributed by atoms with Crippen LogP contribution in [0.2, 0.25) is 10.0 Å². The van der Waals surface area contributed by atoms with Gasteiger partial charge in [0.2, 0.25) is 21.8 Å². The van der Waals surface area contributed by atoms with Gasteiger partial charge in [-0.25, -0.2) is 8.42 Å². The number of benzene rings is 2. The topological polar surface area (TPSA) is 86.8 Å². The van der Waals surface area contributed by atoms with Gasteiger partial charge in [0.15, 0.2) is 0 Å². The molecule has 198 valence electrons. The number of sulfonamides is 1. The molecule has 0 heterocycles. The molecule has 0 aliphatic carbocycles. The molecule has 1 N–H and O–H groups in total. The van der Waals surface area contributed by atoms with E-state index in [1.807, 2.05) is 20.8 Å². The van der Waals surface area contributed by atoms with Gasteiger partial charge in [-0.05, 0) is 60.7 Å². The van der Waals surface area contributed by atoms with Gasteiger partial charge in [0.25, 0.3) is 0 Å². The zero-order chi connectivity index (χ0) is 27.2.